The summed E-state index contributed by atoms with van der Waals surface area (Å²) in [5.41, 5.74) is 0. The number of hydrogen-bond donors (Lipinski definition) is 1. The molecule has 0 aliphatic carbocycles. The van der Waals surface area contributed by atoms with Crippen molar-refractivity contribution in [3.05, 3.63) is 0 Å². The van der Waals surface area contributed by atoms with Crippen molar-refractivity contribution in [3.63, 3.8) is 0 Å². The molecule has 0 aromatic carbocycles. The Hall–Kier alpha value is 0.719. The van der Waals surface area contributed by atoms with E-state index in [1.54, 1.807) is 0 Å². The molecule has 0 aromatic rings. The van der Waals surface area contributed by atoms with Crippen molar-refractivity contribution >= 4 is 18.4 Å². The number of aliphatic hydroxyl groups excluding tert-OH is 1. The van der Waals surface area contributed by atoms with Crippen LogP contribution in [0, 0.1) is 0 Å². The molecule has 0 fully saturated rings. The Bertz CT molecular complexity index is 176. The first-order valence-electron chi connectivity index (χ1n) is 8.93. The van der Waals surface area contributed by atoms with Gasteiger partial charge in [-0.15, -0.1) is 0 Å². The first-order chi connectivity index (χ1) is 9.74. The Balaban J connectivity index is 4.34. The van der Waals surface area contributed by atoms with Gasteiger partial charge in [0.2, 0.25) is 0 Å². The SMILES string of the molecule is CCC[CH2][Sn]([CH2]CCC)([CH2]CCC)[CH2]OCCCCO. The van der Waals surface area contributed by atoms with E-state index in [1.807, 2.05) is 0 Å². The average molecular weight is 393 g/mol. The molecular formula is C17H38O2Sn. The number of aliphatic hydroxyl groups is 1. The van der Waals surface area contributed by atoms with Gasteiger partial charge in [-0.05, 0) is 0 Å². The molecule has 0 spiro atoms. The zero-order valence-corrected chi connectivity index (χ0v) is 17.1. The summed E-state index contributed by atoms with van der Waals surface area (Å²) in [7, 11) is 0. The van der Waals surface area contributed by atoms with Crippen molar-refractivity contribution in [2.45, 2.75) is 85.4 Å². The summed E-state index contributed by atoms with van der Waals surface area (Å²) in [6, 6.07) is 0. The van der Waals surface area contributed by atoms with E-state index >= 15 is 0 Å². The van der Waals surface area contributed by atoms with E-state index in [2.05, 4.69) is 20.8 Å². The molecule has 0 saturated carbocycles. The quantitative estimate of drug-likeness (QED) is 0.308. The van der Waals surface area contributed by atoms with Crippen molar-refractivity contribution in [1.82, 2.24) is 0 Å². The Kier molecular flexibility index (Phi) is 15.2. The standard InChI is InChI=1S/C5H11O2.3C4H9.Sn/c1-7-5-3-2-4-6;3*1-3-4-2;/h6H,1-5H2;3*1,3-4H2,2H3;. The molecule has 122 valence electrons. The molecular weight excluding hydrogens is 355 g/mol. The maximum absolute atomic E-state index is 8.83. The van der Waals surface area contributed by atoms with Gasteiger partial charge in [0, 0.05) is 0 Å². The Morgan fingerprint density at radius 1 is 0.750 bits per heavy atom. The molecule has 1 N–H and O–H groups in total. The van der Waals surface area contributed by atoms with Crippen molar-refractivity contribution in [2.75, 3.05) is 17.8 Å². The molecule has 0 unspecified atom stereocenters. The van der Waals surface area contributed by atoms with Crippen LogP contribution in [0.5, 0.6) is 0 Å². The molecule has 0 aromatic heterocycles. The van der Waals surface area contributed by atoms with E-state index in [0.29, 0.717) is 6.61 Å². The number of ether oxygens (including phenoxy) is 1. The molecule has 0 atom stereocenters. The van der Waals surface area contributed by atoms with Crippen LogP contribution in [0.4, 0.5) is 0 Å². The topological polar surface area (TPSA) is 29.5 Å². The number of hydrogen-bond acceptors (Lipinski definition) is 2. The molecule has 20 heavy (non-hydrogen) atoms. The summed E-state index contributed by atoms with van der Waals surface area (Å²) < 4.78 is 11.8. The summed E-state index contributed by atoms with van der Waals surface area (Å²) in [6.45, 7) is 8.12. The molecule has 0 amide bonds. The molecule has 0 heterocycles. The number of rotatable bonds is 15. The summed E-state index contributed by atoms with van der Waals surface area (Å²) in [4.78, 5) is 0. The van der Waals surface area contributed by atoms with Crippen LogP contribution in [0.15, 0.2) is 0 Å². The first kappa shape index (κ1) is 20.7. The van der Waals surface area contributed by atoms with E-state index in [9.17, 15) is 0 Å². The van der Waals surface area contributed by atoms with Crippen molar-refractivity contribution in [2.24, 2.45) is 0 Å². The maximum atomic E-state index is 8.83. The molecule has 2 nitrogen and oxygen atoms in total. The zero-order chi connectivity index (χ0) is 15.1. The van der Waals surface area contributed by atoms with Gasteiger partial charge in [0.25, 0.3) is 0 Å². The van der Waals surface area contributed by atoms with Gasteiger partial charge in [0.15, 0.2) is 0 Å². The van der Waals surface area contributed by atoms with E-state index in [4.69, 9.17) is 9.84 Å². The van der Waals surface area contributed by atoms with Gasteiger partial charge in [-0.1, -0.05) is 0 Å². The van der Waals surface area contributed by atoms with Gasteiger partial charge >= 0.3 is 132 Å². The van der Waals surface area contributed by atoms with Gasteiger partial charge < -0.3 is 0 Å². The van der Waals surface area contributed by atoms with Crippen LogP contribution in [0.1, 0.15) is 72.1 Å². The van der Waals surface area contributed by atoms with E-state index in [0.717, 1.165) is 24.1 Å². The van der Waals surface area contributed by atoms with E-state index < -0.39 is 18.4 Å². The predicted molar refractivity (Wildman–Crippen MR) is 92.0 cm³/mol. The van der Waals surface area contributed by atoms with Crippen LogP contribution in [0.3, 0.4) is 0 Å². The molecule has 0 rings (SSSR count). The third-order valence-corrected chi connectivity index (χ3v) is 18.7. The molecule has 3 heteroatoms. The normalized spacial score (nSPS) is 12.0. The molecule has 0 saturated heterocycles. The predicted octanol–water partition coefficient (Wildman–Crippen LogP) is 5.16. The van der Waals surface area contributed by atoms with Crippen LogP contribution >= 0.6 is 0 Å². The second-order valence-electron chi connectivity index (χ2n) is 6.29. The fourth-order valence-electron chi connectivity index (χ4n) is 2.85. The minimum atomic E-state index is -2.03. The Morgan fingerprint density at radius 3 is 1.65 bits per heavy atom. The zero-order valence-electron chi connectivity index (χ0n) is 14.3. The fourth-order valence-corrected chi connectivity index (χ4v) is 17.3. The van der Waals surface area contributed by atoms with Gasteiger partial charge in [-0.2, -0.15) is 0 Å². The first-order valence-corrected chi connectivity index (χ1v) is 17.0. The summed E-state index contributed by atoms with van der Waals surface area (Å²) in [5.74, 6) is 0. The van der Waals surface area contributed by atoms with Crippen molar-refractivity contribution in [3.8, 4) is 0 Å². The van der Waals surface area contributed by atoms with Gasteiger partial charge in [0.1, 0.15) is 0 Å². The van der Waals surface area contributed by atoms with Crippen molar-refractivity contribution < 1.29 is 9.84 Å². The number of unbranched alkanes of at least 4 members (excludes halogenated alkanes) is 4. The fraction of sp³-hybridized carbons (Fsp3) is 1.00. The minimum absolute atomic E-state index is 0.305. The average Bonchev–Trinajstić information content (AvgIpc) is 2.48. The van der Waals surface area contributed by atoms with Crippen molar-refractivity contribution in [1.29, 1.82) is 0 Å². The summed E-state index contributed by atoms with van der Waals surface area (Å²) >= 11 is -2.03. The van der Waals surface area contributed by atoms with Crippen LogP contribution in [0.2, 0.25) is 13.3 Å². The molecule has 0 bridgehead atoms. The van der Waals surface area contributed by atoms with Crippen LogP contribution in [0.25, 0.3) is 0 Å². The molecule has 0 radical (unpaired) electrons. The summed E-state index contributed by atoms with van der Waals surface area (Å²) in [5, 5.41) is 8.83. The Morgan fingerprint density at radius 2 is 1.25 bits per heavy atom. The van der Waals surface area contributed by atoms with E-state index in [-0.39, 0.29) is 0 Å². The third kappa shape index (κ3) is 10.4. The second-order valence-corrected chi connectivity index (χ2v) is 20.0. The third-order valence-electron chi connectivity index (χ3n) is 4.29. The molecule has 0 aliphatic rings. The second kappa shape index (κ2) is 14.6. The molecule has 0 aliphatic heterocycles. The summed E-state index contributed by atoms with van der Waals surface area (Å²) in [6.07, 6.45) is 10.2. The van der Waals surface area contributed by atoms with Gasteiger partial charge in [0.05, 0.1) is 0 Å². The monoisotopic (exact) mass is 394 g/mol. The van der Waals surface area contributed by atoms with Gasteiger partial charge in [-0.3, -0.25) is 0 Å². The van der Waals surface area contributed by atoms with E-state index in [1.165, 1.54) is 51.8 Å². The van der Waals surface area contributed by atoms with Crippen LogP contribution in [-0.2, 0) is 4.74 Å². The van der Waals surface area contributed by atoms with Gasteiger partial charge in [-0.25, -0.2) is 0 Å². The van der Waals surface area contributed by atoms with Crippen LogP contribution in [-0.4, -0.2) is 41.3 Å². The van der Waals surface area contributed by atoms with Crippen LogP contribution < -0.4 is 0 Å². The Labute approximate surface area is 131 Å².